The third kappa shape index (κ3) is 4.07. The predicted molar refractivity (Wildman–Crippen MR) is 107 cm³/mol. The number of benzene rings is 1. The average molecular weight is 398 g/mol. The first-order chi connectivity index (χ1) is 14.0. The smallest absolute Gasteiger partial charge is 0.341 e. The number of nitrogens with zero attached hydrogens (tertiary/aromatic N) is 4. The van der Waals surface area contributed by atoms with Gasteiger partial charge in [0, 0.05) is 30.9 Å². The molecule has 1 aliphatic heterocycles. The highest BCUT2D eigenvalue weighted by molar-refractivity contribution is 6.05. The molecule has 1 fully saturated rings. The van der Waals surface area contributed by atoms with Crippen LogP contribution in [0.1, 0.15) is 22.8 Å². The first-order valence-electron chi connectivity index (χ1n) is 9.66. The van der Waals surface area contributed by atoms with Crippen molar-refractivity contribution in [3.05, 3.63) is 53.7 Å². The topological polar surface area (TPSA) is 69.5 Å². The van der Waals surface area contributed by atoms with Crippen LogP contribution in [0.25, 0.3) is 10.9 Å². The first-order valence-corrected chi connectivity index (χ1v) is 9.66. The van der Waals surface area contributed by atoms with Gasteiger partial charge in [-0.1, -0.05) is 0 Å². The van der Waals surface area contributed by atoms with Crippen LogP contribution in [0.3, 0.4) is 0 Å². The largest absolute Gasteiger partial charge is 0.462 e. The van der Waals surface area contributed by atoms with Crippen LogP contribution in [0.2, 0.25) is 0 Å². The summed E-state index contributed by atoms with van der Waals surface area (Å²) in [5.74, 6) is -0.842. The molecule has 3 heterocycles. The Balaban J connectivity index is 1.71. The Hall–Kier alpha value is -3.00. The van der Waals surface area contributed by atoms with Crippen LogP contribution < -0.4 is 4.90 Å². The number of aromatic nitrogens is 3. The Morgan fingerprint density at radius 1 is 1.38 bits per heavy atom. The second kappa shape index (κ2) is 8.16. The van der Waals surface area contributed by atoms with Crippen molar-refractivity contribution in [3.63, 3.8) is 0 Å². The van der Waals surface area contributed by atoms with E-state index in [1.165, 1.54) is 18.3 Å². The van der Waals surface area contributed by atoms with E-state index in [-0.39, 0.29) is 18.5 Å². The number of pyridine rings is 1. The lowest BCUT2D eigenvalue weighted by Crippen LogP contribution is -2.45. The lowest BCUT2D eigenvalue weighted by molar-refractivity contribution is 0.0272. The zero-order valence-corrected chi connectivity index (χ0v) is 16.5. The SMILES string of the molecule is CCOC(=O)c1cnc2ccc(F)cc2c1N1CCOC(Cn2cc(C)cn2)C1. The minimum atomic E-state index is -0.466. The Bertz CT molecular complexity index is 1040. The molecule has 7 nitrogen and oxygen atoms in total. The minimum Gasteiger partial charge on any atom is -0.462 e. The van der Waals surface area contributed by atoms with Gasteiger partial charge in [0.1, 0.15) is 11.4 Å². The highest BCUT2D eigenvalue weighted by Gasteiger charge is 2.27. The number of hydrogen-bond donors (Lipinski definition) is 0. The number of aryl methyl sites for hydroxylation is 1. The van der Waals surface area contributed by atoms with Crippen molar-refractivity contribution in [1.29, 1.82) is 0 Å². The molecule has 0 spiro atoms. The van der Waals surface area contributed by atoms with Crippen molar-refractivity contribution in [3.8, 4) is 0 Å². The molecule has 1 saturated heterocycles. The van der Waals surface area contributed by atoms with Crippen LogP contribution in [0.5, 0.6) is 0 Å². The van der Waals surface area contributed by atoms with Gasteiger partial charge in [-0.3, -0.25) is 9.67 Å². The quantitative estimate of drug-likeness (QED) is 0.616. The normalized spacial score (nSPS) is 16.9. The van der Waals surface area contributed by atoms with E-state index in [0.29, 0.717) is 48.4 Å². The average Bonchev–Trinajstić information content (AvgIpc) is 3.12. The number of carbonyl (C=O) groups excluding carboxylic acids is 1. The number of rotatable bonds is 5. The standard InChI is InChI=1S/C21H23FN4O3/c1-3-28-21(27)18-10-23-19-5-4-15(22)8-17(19)20(18)25-6-7-29-16(12-25)13-26-11-14(2)9-24-26/h4-5,8-11,16H,3,6-7,12-13H2,1-2H3. The van der Waals surface area contributed by atoms with Gasteiger partial charge in [0.15, 0.2) is 0 Å². The van der Waals surface area contributed by atoms with Gasteiger partial charge in [-0.2, -0.15) is 5.10 Å². The summed E-state index contributed by atoms with van der Waals surface area (Å²) in [5, 5.41) is 4.91. The summed E-state index contributed by atoms with van der Waals surface area (Å²) in [4.78, 5) is 19.0. The predicted octanol–water partition coefficient (Wildman–Crippen LogP) is 2.96. The van der Waals surface area contributed by atoms with Crippen LogP contribution in [0, 0.1) is 12.7 Å². The molecule has 1 atom stereocenters. The summed E-state index contributed by atoms with van der Waals surface area (Å²) in [6.07, 6.45) is 5.16. The maximum absolute atomic E-state index is 14.0. The number of carbonyl (C=O) groups is 1. The van der Waals surface area contributed by atoms with E-state index in [0.717, 1.165) is 5.56 Å². The Labute approximate surface area is 168 Å². The molecular weight excluding hydrogens is 375 g/mol. The minimum absolute atomic E-state index is 0.116. The lowest BCUT2D eigenvalue weighted by atomic mass is 10.1. The molecule has 0 radical (unpaired) electrons. The Morgan fingerprint density at radius 3 is 3.00 bits per heavy atom. The third-order valence-corrected chi connectivity index (χ3v) is 4.90. The van der Waals surface area contributed by atoms with E-state index >= 15 is 0 Å². The second-order valence-electron chi connectivity index (χ2n) is 7.08. The molecular formula is C21H23FN4O3. The zero-order valence-electron chi connectivity index (χ0n) is 16.5. The van der Waals surface area contributed by atoms with Gasteiger partial charge in [-0.05, 0) is 37.6 Å². The molecule has 152 valence electrons. The molecule has 0 bridgehead atoms. The van der Waals surface area contributed by atoms with Gasteiger partial charge in [0.2, 0.25) is 0 Å². The second-order valence-corrected chi connectivity index (χ2v) is 7.08. The fourth-order valence-corrected chi connectivity index (χ4v) is 3.66. The number of ether oxygens (including phenoxy) is 2. The number of morpholine rings is 1. The van der Waals surface area contributed by atoms with Gasteiger partial charge in [-0.25, -0.2) is 9.18 Å². The third-order valence-electron chi connectivity index (χ3n) is 4.90. The van der Waals surface area contributed by atoms with Gasteiger partial charge >= 0.3 is 5.97 Å². The highest BCUT2D eigenvalue weighted by atomic mass is 19.1. The van der Waals surface area contributed by atoms with Crippen molar-refractivity contribution in [2.75, 3.05) is 31.2 Å². The molecule has 0 N–H and O–H groups in total. The van der Waals surface area contributed by atoms with Crippen LogP contribution in [-0.2, 0) is 16.0 Å². The molecule has 8 heteroatoms. The summed E-state index contributed by atoms with van der Waals surface area (Å²) in [6.45, 7) is 6.20. The molecule has 29 heavy (non-hydrogen) atoms. The maximum Gasteiger partial charge on any atom is 0.341 e. The van der Waals surface area contributed by atoms with Crippen LogP contribution >= 0.6 is 0 Å². The number of anilines is 1. The summed E-state index contributed by atoms with van der Waals surface area (Å²) >= 11 is 0. The zero-order chi connectivity index (χ0) is 20.4. The molecule has 0 amide bonds. The van der Waals surface area contributed by atoms with Gasteiger partial charge in [0.05, 0.1) is 43.3 Å². The van der Waals surface area contributed by atoms with Crippen molar-refractivity contribution in [1.82, 2.24) is 14.8 Å². The van der Waals surface area contributed by atoms with E-state index in [9.17, 15) is 9.18 Å². The van der Waals surface area contributed by atoms with Gasteiger partial charge in [0.25, 0.3) is 0 Å². The monoisotopic (exact) mass is 398 g/mol. The fourth-order valence-electron chi connectivity index (χ4n) is 3.66. The summed E-state index contributed by atoms with van der Waals surface area (Å²) < 4.78 is 27.0. The van der Waals surface area contributed by atoms with Crippen LogP contribution in [0.15, 0.2) is 36.8 Å². The van der Waals surface area contributed by atoms with Crippen LogP contribution in [-0.4, -0.2) is 53.1 Å². The summed E-state index contributed by atoms with van der Waals surface area (Å²) in [7, 11) is 0. The molecule has 4 rings (SSSR count). The van der Waals surface area contributed by atoms with Gasteiger partial charge < -0.3 is 14.4 Å². The Morgan fingerprint density at radius 2 is 2.24 bits per heavy atom. The number of fused-ring (bicyclic) bond motifs is 1. The van der Waals surface area contributed by atoms with E-state index in [1.807, 2.05) is 17.8 Å². The van der Waals surface area contributed by atoms with Crippen LogP contribution in [0.4, 0.5) is 10.1 Å². The molecule has 0 aliphatic carbocycles. The number of halogens is 1. The number of esters is 1. The molecule has 2 aromatic heterocycles. The van der Waals surface area contributed by atoms with E-state index in [4.69, 9.17) is 9.47 Å². The number of hydrogen-bond acceptors (Lipinski definition) is 6. The first kappa shape index (κ1) is 19.3. The summed E-state index contributed by atoms with van der Waals surface area (Å²) in [6, 6.07) is 4.40. The van der Waals surface area contributed by atoms with Crippen molar-refractivity contribution < 1.29 is 18.7 Å². The summed E-state index contributed by atoms with van der Waals surface area (Å²) in [5.41, 5.74) is 2.68. The van der Waals surface area contributed by atoms with E-state index in [1.54, 1.807) is 19.2 Å². The molecule has 1 aliphatic rings. The van der Waals surface area contributed by atoms with Crippen molar-refractivity contribution in [2.24, 2.45) is 0 Å². The lowest BCUT2D eigenvalue weighted by Gasteiger charge is -2.35. The van der Waals surface area contributed by atoms with E-state index < -0.39 is 5.97 Å². The molecule has 1 unspecified atom stereocenters. The van der Waals surface area contributed by atoms with Gasteiger partial charge in [-0.15, -0.1) is 0 Å². The van der Waals surface area contributed by atoms with E-state index in [2.05, 4.69) is 15.0 Å². The highest BCUT2D eigenvalue weighted by Crippen LogP contribution is 2.32. The maximum atomic E-state index is 14.0. The van der Waals surface area contributed by atoms with Crippen molar-refractivity contribution in [2.45, 2.75) is 26.5 Å². The molecule has 3 aromatic rings. The van der Waals surface area contributed by atoms with Crippen molar-refractivity contribution >= 4 is 22.6 Å². The molecule has 0 saturated carbocycles. The Kier molecular flexibility index (Phi) is 5.44. The fraction of sp³-hybridized carbons (Fsp3) is 0.381. The molecule has 1 aromatic carbocycles.